The molecule has 6 nitrogen and oxygen atoms in total. The molecule has 4 aromatic rings. The predicted octanol–water partition coefficient (Wildman–Crippen LogP) is 5.71. The molecule has 0 spiro atoms. The van der Waals surface area contributed by atoms with Crippen molar-refractivity contribution in [1.82, 2.24) is 10.0 Å². The Balaban J connectivity index is 1.41. The van der Waals surface area contributed by atoms with Crippen LogP contribution >= 0.6 is 0 Å². The van der Waals surface area contributed by atoms with E-state index in [4.69, 9.17) is 9.25 Å². The second-order valence-electron chi connectivity index (χ2n) is 7.95. The Hall–Kier alpha value is -3.48. The molecule has 162 valence electrons. The van der Waals surface area contributed by atoms with Crippen molar-refractivity contribution < 1.29 is 14.5 Å². The van der Waals surface area contributed by atoms with Gasteiger partial charge in [-0.1, -0.05) is 78.0 Å². The largest absolute Gasteiger partial charge is 0.441 e. The number of aromatic nitrogens is 1. The van der Waals surface area contributed by atoms with Crippen LogP contribution in [-0.4, -0.2) is 27.6 Å². The molecule has 1 fully saturated rings. The molecule has 2 heterocycles. The van der Waals surface area contributed by atoms with Gasteiger partial charge in [0.05, 0.1) is 24.4 Å². The highest BCUT2D eigenvalue weighted by molar-refractivity contribution is 5.86. The van der Waals surface area contributed by atoms with Gasteiger partial charge in [-0.25, -0.2) is 4.98 Å². The smallest absolute Gasteiger partial charge is 0.197 e. The molecule has 6 heteroatoms. The third-order valence-corrected chi connectivity index (χ3v) is 5.88. The van der Waals surface area contributed by atoms with E-state index in [0.717, 1.165) is 27.9 Å². The van der Waals surface area contributed by atoms with Crippen LogP contribution in [0.1, 0.15) is 41.9 Å². The van der Waals surface area contributed by atoms with Gasteiger partial charge in [-0.2, -0.15) is 5.06 Å². The minimum Gasteiger partial charge on any atom is -0.441 e. The number of nitrogens with zero attached hydrogens (tertiary/aromatic N) is 3. The average molecular weight is 428 g/mol. The molecule has 1 N–H and O–H groups in total. The van der Waals surface area contributed by atoms with Gasteiger partial charge >= 0.3 is 0 Å². The van der Waals surface area contributed by atoms with Crippen LogP contribution in [0.5, 0.6) is 0 Å². The molecule has 3 aromatic carbocycles. The number of benzene rings is 3. The summed E-state index contributed by atoms with van der Waals surface area (Å²) in [5, 5.41) is 15.3. The fraction of sp³-hybridized carbons (Fsp3) is 0.231. The van der Waals surface area contributed by atoms with Crippen LogP contribution in [0.15, 0.2) is 94.5 Å². The number of para-hydroxylation sites is 2. The second kappa shape index (κ2) is 9.34. The number of hydrogen-bond donors (Lipinski definition) is 1. The summed E-state index contributed by atoms with van der Waals surface area (Å²) < 4.78 is 5.85. The monoisotopic (exact) mass is 427 g/mol. The second-order valence-corrected chi connectivity index (χ2v) is 7.95. The lowest BCUT2D eigenvalue weighted by Gasteiger charge is -2.41. The SMILES string of the molecule is ON=C1CC(c2ccccc2)N(OCCc2nc3ccccc3o2)C(c2ccccc2)C1. The van der Waals surface area contributed by atoms with Crippen molar-refractivity contribution >= 4 is 16.8 Å². The summed E-state index contributed by atoms with van der Waals surface area (Å²) in [6.07, 6.45) is 1.77. The van der Waals surface area contributed by atoms with Crippen molar-refractivity contribution in [1.29, 1.82) is 0 Å². The maximum Gasteiger partial charge on any atom is 0.197 e. The van der Waals surface area contributed by atoms with E-state index >= 15 is 0 Å². The van der Waals surface area contributed by atoms with Crippen molar-refractivity contribution in [3.63, 3.8) is 0 Å². The van der Waals surface area contributed by atoms with Gasteiger partial charge in [-0.05, 0) is 23.3 Å². The molecule has 1 aromatic heterocycles. The molecule has 1 aliphatic rings. The van der Waals surface area contributed by atoms with Crippen LogP contribution in [0.3, 0.4) is 0 Å². The van der Waals surface area contributed by atoms with Gasteiger partial charge in [0, 0.05) is 19.3 Å². The van der Waals surface area contributed by atoms with E-state index < -0.39 is 0 Å². The standard InChI is InChI=1S/C26H25N3O3/c30-28-21-17-23(19-9-3-1-4-10-19)29(24(18-21)20-11-5-2-6-12-20)31-16-15-26-27-22-13-7-8-14-25(22)32-26/h1-14,23-24,30H,15-18H2. The minimum absolute atomic E-state index is 0.0651. The molecule has 1 aliphatic heterocycles. The highest BCUT2D eigenvalue weighted by Gasteiger charge is 2.37. The number of hydroxylamine groups is 2. The first-order valence-electron chi connectivity index (χ1n) is 10.9. The van der Waals surface area contributed by atoms with Crippen LogP contribution < -0.4 is 0 Å². The molecule has 0 aliphatic carbocycles. The number of oxime groups is 1. The molecule has 1 saturated heterocycles. The topological polar surface area (TPSA) is 71.1 Å². The molecule has 32 heavy (non-hydrogen) atoms. The van der Waals surface area contributed by atoms with Crippen LogP contribution in [0.2, 0.25) is 0 Å². The summed E-state index contributed by atoms with van der Waals surface area (Å²) in [6.45, 7) is 0.436. The van der Waals surface area contributed by atoms with E-state index in [-0.39, 0.29) is 12.1 Å². The van der Waals surface area contributed by atoms with Gasteiger partial charge in [0.2, 0.25) is 0 Å². The molecular formula is C26H25N3O3. The average Bonchev–Trinajstić information content (AvgIpc) is 3.28. The van der Waals surface area contributed by atoms with Crippen molar-refractivity contribution in [2.75, 3.05) is 6.61 Å². The summed E-state index contributed by atoms with van der Waals surface area (Å²) in [7, 11) is 0. The summed E-state index contributed by atoms with van der Waals surface area (Å²) >= 11 is 0. The molecule has 2 unspecified atom stereocenters. The summed E-state index contributed by atoms with van der Waals surface area (Å²) in [5.74, 6) is 0.661. The third kappa shape index (κ3) is 4.28. The fourth-order valence-corrected chi connectivity index (χ4v) is 4.33. The van der Waals surface area contributed by atoms with E-state index in [2.05, 4.69) is 39.5 Å². The van der Waals surface area contributed by atoms with Crippen molar-refractivity contribution in [3.05, 3.63) is 102 Å². The normalized spacial score (nSPS) is 19.3. The Morgan fingerprint density at radius 2 is 1.47 bits per heavy atom. The minimum atomic E-state index is -0.0651. The Morgan fingerprint density at radius 1 is 0.875 bits per heavy atom. The summed E-state index contributed by atoms with van der Waals surface area (Å²) in [4.78, 5) is 11.0. The molecule has 5 rings (SSSR count). The quantitative estimate of drug-likeness (QED) is 0.315. The maximum absolute atomic E-state index is 9.61. The van der Waals surface area contributed by atoms with Gasteiger partial charge in [0.25, 0.3) is 0 Å². The lowest BCUT2D eigenvalue weighted by molar-refractivity contribution is -0.220. The molecule has 0 bridgehead atoms. The van der Waals surface area contributed by atoms with Crippen molar-refractivity contribution in [3.8, 4) is 0 Å². The first kappa shape index (κ1) is 20.4. The number of rotatable bonds is 6. The van der Waals surface area contributed by atoms with E-state index in [9.17, 15) is 5.21 Å². The third-order valence-electron chi connectivity index (χ3n) is 5.88. The van der Waals surface area contributed by atoms with Crippen LogP contribution in [-0.2, 0) is 11.3 Å². The fourth-order valence-electron chi connectivity index (χ4n) is 4.33. The highest BCUT2D eigenvalue weighted by atomic mass is 16.7. The molecule has 0 radical (unpaired) electrons. The van der Waals surface area contributed by atoms with Gasteiger partial charge in [0.1, 0.15) is 5.52 Å². The highest BCUT2D eigenvalue weighted by Crippen LogP contribution is 2.40. The summed E-state index contributed by atoms with van der Waals surface area (Å²) in [6, 6.07) is 28.1. The van der Waals surface area contributed by atoms with Gasteiger partial charge in [0.15, 0.2) is 11.5 Å². The Bertz CT molecular complexity index is 1110. The number of hydrogen-bond acceptors (Lipinski definition) is 6. The van der Waals surface area contributed by atoms with Gasteiger partial charge in [-0.3, -0.25) is 4.84 Å². The van der Waals surface area contributed by atoms with Crippen LogP contribution in [0.4, 0.5) is 0 Å². The van der Waals surface area contributed by atoms with Gasteiger partial charge < -0.3 is 9.62 Å². The van der Waals surface area contributed by atoms with Crippen LogP contribution in [0.25, 0.3) is 11.1 Å². The lowest BCUT2D eigenvalue weighted by Crippen LogP contribution is -2.40. The lowest BCUT2D eigenvalue weighted by atomic mass is 9.88. The Labute approximate surface area is 186 Å². The summed E-state index contributed by atoms with van der Waals surface area (Å²) in [5.41, 5.74) is 4.65. The number of oxazole rings is 1. The Morgan fingerprint density at radius 3 is 2.06 bits per heavy atom. The molecule has 0 amide bonds. The first-order valence-corrected chi connectivity index (χ1v) is 10.9. The Kier molecular flexibility index (Phi) is 5.96. The van der Waals surface area contributed by atoms with Crippen LogP contribution in [0, 0.1) is 0 Å². The van der Waals surface area contributed by atoms with E-state index in [1.165, 1.54) is 0 Å². The predicted molar refractivity (Wildman–Crippen MR) is 122 cm³/mol. The van der Waals surface area contributed by atoms with E-state index in [1.807, 2.05) is 60.7 Å². The zero-order valence-electron chi connectivity index (χ0n) is 17.7. The van der Waals surface area contributed by atoms with Gasteiger partial charge in [-0.15, -0.1) is 0 Å². The van der Waals surface area contributed by atoms with E-state index in [1.54, 1.807) is 0 Å². The number of piperidine rings is 1. The zero-order valence-corrected chi connectivity index (χ0v) is 17.7. The van der Waals surface area contributed by atoms with Crippen molar-refractivity contribution in [2.45, 2.75) is 31.3 Å². The number of fused-ring (bicyclic) bond motifs is 1. The molecule has 0 saturated carbocycles. The molecule has 2 atom stereocenters. The van der Waals surface area contributed by atoms with E-state index in [0.29, 0.717) is 31.8 Å². The maximum atomic E-state index is 9.61. The molecular weight excluding hydrogens is 402 g/mol. The first-order chi connectivity index (χ1) is 15.8. The zero-order chi connectivity index (χ0) is 21.8. The van der Waals surface area contributed by atoms with Crippen molar-refractivity contribution in [2.24, 2.45) is 5.16 Å².